The molecule has 0 saturated carbocycles. The number of nitrogens with zero attached hydrogens (tertiary/aromatic N) is 6. The lowest BCUT2D eigenvalue weighted by molar-refractivity contribution is 0.0431. The zero-order chi connectivity index (χ0) is 22.5. The summed E-state index contributed by atoms with van der Waals surface area (Å²) in [5.41, 5.74) is 1.66. The highest BCUT2D eigenvalue weighted by Crippen LogP contribution is 2.27. The van der Waals surface area contributed by atoms with Crippen LogP contribution in [0.1, 0.15) is 29.0 Å². The molecule has 9 heteroatoms. The van der Waals surface area contributed by atoms with Crippen LogP contribution in [0.4, 0.5) is 0 Å². The minimum atomic E-state index is 0.0949. The molecule has 3 heterocycles. The van der Waals surface area contributed by atoms with Gasteiger partial charge >= 0.3 is 0 Å². The first-order valence-corrected chi connectivity index (χ1v) is 12.4. The lowest BCUT2D eigenvalue weighted by Crippen LogP contribution is -2.50. The molecule has 1 amide bonds. The quantitative estimate of drug-likeness (QED) is 0.498. The molecular weight excluding hydrogens is 436 g/mol. The molecule has 1 atom stereocenters. The van der Waals surface area contributed by atoms with Crippen molar-refractivity contribution < 1.29 is 9.53 Å². The molecular formula is C24H28N6O2S. The first-order chi connectivity index (χ1) is 16.3. The molecule has 0 aliphatic carbocycles. The van der Waals surface area contributed by atoms with E-state index in [-0.39, 0.29) is 5.91 Å². The number of rotatable bonds is 7. The van der Waals surface area contributed by atoms with E-state index in [0.29, 0.717) is 11.9 Å². The molecule has 172 valence electrons. The van der Waals surface area contributed by atoms with Crippen LogP contribution in [-0.2, 0) is 10.5 Å². The SMILES string of the molecule is O=C(c1ccccc1SCc1nnnn1-c1ccccc1)N1CCN(CC2CCCO2)CC1. The second-order valence-corrected chi connectivity index (χ2v) is 9.37. The Morgan fingerprint density at radius 3 is 2.61 bits per heavy atom. The summed E-state index contributed by atoms with van der Waals surface area (Å²) in [6, 6.07) is 17.7. The van der Waals surface area contributed by atoms with Crippen LogP contribution in [0.5, 0.6) is 0 Å². The fourth-order valence-electron chi connectivity index (χ4n) is 4.36. The molecule has 0 N–H and O–H groups in total. The smallest absolute Gasteiger partial charge is 0.255 e. The van der Waals surface area contributed by atoms with Gasteiger partial charge in [-0.15, -0.1) is 16.9 Å². The molecule has 5 rings (SSSR count). The zero-order valence-corrected chi connectivity index (χ0v) is 19.4. The van der Waals surface area contributed by atoms with Gasteiger partial charge in [0.15, 0.2) is 5.82 Å². The van der Waals surface area contributed by atoms with Crippen molar-refractivity contribution >= 4 is 17.7 Å². The van der Waals surface area contributed by atoms with Crippen LogP contribution >= 0.6 is 11.8 Å². The van der Waals surface area contributed by atoms with Crippen LogP contribution in [-0.4, -0.2) is 81.3 Å². The van der Waals surface area contributed by atoms with Crippen molar-refractivity contribution in [3.05, 3.63) is 66.0 Å². The van der Waals surface area contributed by atoms with E-state index in [1.54, 1.807) is 16.4 Å². The Kier molecular flexibility index (Phi) is 6.99. The Labute approximate surface area is 197 Å². The highest BCUT2D eigenvalue weighted by atomic mass is 32.2. The maximum Gasteiger partial charge on any atom is 0.255 e. The van der Waals surface area contributed by atoms with Gasteiger partial charge in [-0.2, -0.15) is 4.68 Å². The minimum Gasteiger partial charge on any atom is -0.377 e. The Hall–Kier alpha value is -2.75. The molecule has 2 aromatic carbocycles. The predicted molar refractivity (Wildman–Crippen MR) is 126 cm³/mol. The van der Waals surface area contributed by atoms with Gasteiger partial charge < -0.3 is 9.64 Å². The van der Waals surface area contributed by atoms with Gasteiger partial charge in [-0.05, 0) is 47.5 Å². The fourth-order valence-corrected chi connectivity index (χ4v) is 5.31. The summed E-state index contributed by atoms with van der Waals surface area (Å²) in [6.45, 7) is 5.15. The molecule has 0 spiro atoms. The summed E-state index contributed by atoms with van der Waals surface area (Å²) in [4.78, 5) is 18.7. The Morgan fingerprint density at radius 1 is 1.03 bits per heavy atom. The molecule has 0 radical (unpaired) electrons. The lowest BCUT2D eigenvalue weighted by Gasteiger charge is -2.36. The standard InChI is InChI=1S/C24H28N6O2S/c31-24(29-14-12-28(13-15-29)17-20-9-6-16-32-20)21-10-4-5-11-22(21)33-18-23-25-26-27-30(23)19-7-2-1-3-8-19/h1-5,7-8,10-11,20H,6,9,12-18H2. The Bertz CT molecular complexity index is 1060. The number of benzene rings is 2. The number of carbonyl (C=O) groups is 1. The molecule has 1 aromatic heterocycles. The predicted octanol–water partition coefficient (Wildman–Crippen LogP) is 2.89. The van der Waals surface area contributed by atoms with E-state index in [2.05, 4.69) is 20.4 Å². The van der Waals surface area contributed by atoms with Gasteiger partial charge in [-0.3, -0.25) is 9.69 Å². The van der Waals surface area contributed by atoms with E-state index in [1.807, 2.05) is 59.5 Å². The van der Waals surface area contributed by atoms with Gasteiger partial charge in [0.05, 0.1) is 23.1 Å². The highest BCUT2D eigenvalue weighted by molar-refractivity contribution is 7.98. The monoisotopic (exact) mass is 464 g/mol. The van der Waals surface area contributed by atoms with Gasteiger partial charge in [-0.1, -0.05) is 30.3 Å². The molecule has 1 unspecified atom stereocenters. The molecule has 2 aliphatic rings. The van der Waals surface area contributed by atoms with Crippen molar-refractivity contribution in [1.82, 2.24) is 30.0 Å². The van der Waals surface area contributed by atoms with Crippen LogP contribution < -0.4 is 0 Å². The van der Waals surface area contributed by atoms with Crippen LogP contribution in [0.15, 0.2) is 59.5 Å². The first-order valence-electron chi connectivity index (χ1n) is 11.5. The summed E-state index contributed by atoms with van der Waals surface area (Å²) in [6.07, 6.45) is 2.67. The number of carbonyl (C=O) groups excluding carboxylic acids is 1. The highest BCUT2D eigenvalue weighted by Gasteiger charge is 2.26. The molecule has 2 fully saturated rings. The van der Waals surface area contributed by atoms with E-state index in [1.165, 1.54) is 0 Å². The van der Waals surface area contributed by atoms with Gasteiger partial charge in [0.2, 0.25) is 0 Å². The number of hydrogen-bond donors (Lipinski definition) is 0. The van der Waals surface area contributed by atoms with E-state index >= 15 is 0 Å². The first kappa shape index (κ1) is 22.1. The second-order valence-electron chi connectivity index (χ2n) is 8.36. The van der Waals surface area contributed by atoms with Crippen molar-refractivity contribution in [2.45, 2.75) is 29.6 Å². The second kappa shape index (κ2) is 10.5. The minimum absolute atomic E-state index is 0.0949. The fraction of sp³-hybridized carbons (Fsp3) is 0.417. The van der Waals surface area contributed by atoms with Gasteiger partial charge in [0.1, 0.15) is 0 Å². The van der Waals surface area contributed by atoms with Crippen LogP contribution in [0, 0.1) is 0 Å². The Morgan fingerprint density at radius 2 is 1.82 bits per heavy atom. The molecule has 33 heavy (non-hydrogen) atoms. The van der Waals surface area contributed by atoms with Crippen LogP contribution in [0.2, 0.25) is 0 Å². The van der Waals surface area contributed by atoms with Gasteiger partial charge in [0, 0.05) is 44.2 Å². The number of hydrogen-bond acceptors (Lipinski definition) is 7. The normalized spacial score (nSPS) is 19.2. The number of para-hydroxylation sites is 1. The summed E-state index contributed by atoms with van der Waals surface area (Å²) < 4.78 is 7.51. The third-order valence-corrected chi connectivity index (χ3v) is 7.22. The van der Waals surface area contributed by atoms with E-state index in [9.17, 15) is 4.79 Å². The number of amides is 1. The topological polar surface area (TPSA) is 76.4 Å². The molecule has 0 bridgehead atoms. The average Bonchev–Trinajstić information content (AvgIpc) is 3.56. The third-order valence-electron chi connectivity index (χ3n) is 6.15. The maximum absolute atomic E-state index is 13.3. The maximum atomic E-state index is 13.3. The lowest BCUT2D eigenvalue weighted by atomic mass is 10.1. The third kappa shape index (κ3) is 5.26. The molecule has 8 nitrogen and oxygen atoms in total. The average molecular weight is 465 g/mol. The number of aromatic nitrogens is 4. The summed E-state index contributed by atoms with van der Waals surface area (Å²) in [7, 11) is 0. The van der Waals surface area contributed by atoms with Gasteiger partial charge in [-0.25, -0.2) is 0 Å². The summed E-state index contributed by atoms with van der Waals surface area (Å²) in [5, 5.41) is 12.2. The zero-order valence-electron chi connectivity index (χ0n) is 18.5. The molecule has 2 aliphatic heterocycles. The molecule has 2 saturated heterocycles. The Balaban J connectivity index is 1.22. The van der Waals surface area contributed by atoms with E-state index in [4.69, 9.17) is 4.74 Å². The van der Waals surface area contributed by atoms with Crippen LogP contribution in [0.3, 0.4) is 0 Å². The number of ether oxygens (including phenoxy) is 1. The van der Waals surface area contributed by atoms with E-state index < -0.39 is 0 Å². The summed E-state index contributed by atoms with van der Waals surface area (Å²) in [5.74, 6) is 1.41. The van der Waals surface area contributed by atoms with E-state index in [0.717, 1.165) is 74.1 Å². The largest absolute Gasteiger partial charge is 0.377 e. The van der Waals surface area contributed by atoms with Crippen molar-refractivity contribution in [1.29, 1.82) is 0 Å². The summed E-state index contributed by atoms with van der Waals surface area (Å²) >= 11 is 1.59. The van der Waals surface area contributed by atoms with Crippen molar-refractivity contribution in [3.63, 3.8) is 0 Å². The van der Waals surface area contributed by atoms with Gasteiger partial charge in [0.25, 0.3) is 5.91 Å². The number of piperazine rings is 1. The number of thioether (sulfide) groups is 1. The number of tetrazole rings is 1. The van der Waals surface area contributed by atoms with Crippen molar-refractivity contribution in [3.8, 4) is 5.69 Å². The van der Waals surface area contributed by atoms with Crippen molar-refractivity contribution in [2.75, 3.05) is 39.3 Å². The van der Waals surface area contributed by atoms with Crippen LogP contribution in [0.25, 0.3) is 5.69 Å². The van der Waals surface area contributed by atoms with Crippen molar-refractivity contribution in [2.24, 2.45) is 0 Å². The molecule has 3 aromatic rings.